The fourth-order valence-electron chi connectivity index (χ4n) is 9.57. The Balaban J connectivity index is 1.29. The van der Waals surface area contributed by atoms with Gasteiger partial charge in [-0.2, -0.15) is 0 Å². The van der Waals surface area contributed by atoms with Crippen molar-refractivity contribution in [3.05, 3.63) is 156 Å². The molecule has 53 heavy (non-hydrogen) atoms. The molecule has 0 bridgehead atoms. The van der Waals surface area contributed by atoms with Crippen molar-refractivity contribution in [3.8, 4) is 0 Å². The summed E-state index contributed by atoms with van der Waals surface area (Å²) in [5.41, 5.74) is 7.56. The maximum Gasteiger partial charge on any atom is 0.160 e. The molecule has 0 amide bonds. The molecule has 1 aliphatic heterocycles. The van der Waals surface area contributed by atoms with E-state index in [9.17, 15) is 0 Å². The van der Waals surface area contributed by atoms with Gasteiger partial charge in [-0.1, -0.05) is 115 Å². The summed E-state index contributed by atoms with van der Waals surface area (Å²) in [6.07, 6.45) is 9.09. The Morgan fingerprint density at radius 1 is 0.623 bits per heavy atom. The van der Waals surface area contributed by atoms with E-state index in [1.54, 1.807) is 0 Å². The Hall–Kier alpha value is -6.39. The van der Waals surface area contributed by atoms with Gasteiger partial charge in [0.15, 0.2) is 5.58 Å². The van der Waals surface area contributed by atoms with Gasteiger partial charge >= 0.3 is 0 Å². The molecule has 10 aromatic rings. The van der Waals surface area contributed by atoms with E-state index < -0.39 is 0 Å². The summed E-state index contributed by atoms with van der Waals surface area (Å²) >= 11 is 0. The number of para-hydroxylation sites is 1. The fraction of sp³-hybridized carbons (Fsp3) is 0.122. The Morgan fingerprint density at radius 2 is 1.34 bits per heavy atom. The highest BCUT2D eigenvalue weighted by Gasteiger charge is 2.32. The second-order valence-electron chi connectivity index (χ2n) is 14.8. The average molecular weight is 683 g/mol. The van der Waals surface area contributed by atoms with E-state index in [0.29, 0.717) is 0 Å². The minimum atomic E-state index is 0.0198. The number of aromatic nitrogens is 1. The van der Waals surface area contributed by atoms with Crippen LogP contribution in [0.5, 0.6) is 0 Å². The second-order valence-corrected chi connectivity index (χ2v) is 14.8. The van der Waals surface area contributed by atoms with Gasteiger partial charge < -0.3 is 8.83 Å². The number of aliphatic imine (C=N–C) groups is 1. The van der Waals surface area contributed by atoms with Crippen LogP contribution in [0.3, 0.4) is 0 Å². The lowest BCUT2D eigenvalue weighted by molar-refractivity contribution is 0.485. The van der Waals surface area contributed by atoms with Gasteiger partial charge in [0, 0.05) is 39.4 Å². The van der Waals surface area contributed by atoms with Crippen LogP contribution >= 0.6 is 0 Å². The first-order valence-corrected chi connectivity index (χ1v) is 18.9. The molecule has 0 saturated heterocycles. The number of hydrogen-bond donors (Lipinski definition) is 0. The Kier molecular flexibility index (Phi) is 6.09. The van der Waals surface area contributed by atoms with Crippen molar-refractivity contribution in [1.82, 2.24) is 4.57 Å². The molecule has 2 aliphatic rings. The molecule has 0 radical (unpaired) electrons. The number of aryl methyl sites for hydroxylation is 1. The quantitative estimate of drug-likeness (QED) is 0.173. The summed E-state index contributed by atoms with van der Waals surface area (Å²) in [6.45, 7) is 0. The topological polar surface area (TPSA) is 43.6 Å². The minimum Gasteiger partial charge on any atom is -0.459 e. The summed E-state index contributed by atoms with van der Waals surface area (Å²) in [7, 11) is 0. The molecule has 4 nitrogen and oxygen atoms in total. The number of benzene rings is 7. The third-order valence-electron chi connectivity index (χ3n) is 11.9. The van der Waals surface area contributed by atoms with Gasteiger partial charge in [0.05, 0.1) is 11.0 Å². The maximum atomic E-state index is 7.15. The van der Waals surface area contributed by atoms with E-state index in [0.717, 1.165) is 88.1 Å². The lowest BCUT2D eigenvalue weighted by Gasteiger charge is -2.25. The zero-order valence-electron chi connectivity index (χ0n) is 29.1. The Labute approximate surface area is 305 Å². The van der Waals surface area contributed by atoms with Crippen molar-refractivity contribution in [2.75, 3.05) is 0 Å². The smallest absolute Gasteiger partial charge is 0.160 e. The first kappa shape index (κ1) is 29.2. The third-order valence-corrected chi connectivity index (χ3v) is 11.9. The molecule has 3 aromatic heterocycles. The summed E-state index contributed by atoms with van der Waals surface area (Å²) in [4.78, 5) is 5.88. The number of fused-ring (bicyclic) bond motifs is 15. The first-order valence-electron chi connectivity index (χ1n) is 18.9. The predicted molar refractivity (Wildman–Crippen MR) is 220 cm³/mol. The molecule has 1 unspecified atom stereocenters. The number of hydrogen-bond acceptors (Lipinski definition) is 3. The summed E-state index contributed by atoms with van der Waals surface area (Å²) < 4.78 is 16.2. The molecular formula is C49H34N2O2. The number of nitrogens with zero attached hydrogens (tertiary/aromatic N) is 2. The van der Waals surface area contributed by atoms with Gasteiger partial charge in [0.2, 0.25) is 0 Å². The van der Waals surface area contributed by atoms with E-state index in [1.807, 2.05) is 0 Å². The van der Waals surface area contributed by atoms with Crippen molar-refractivity contribution < 1.29 is 8.83 Å². The Morgan fingerprint density at radius 3 is 2.21 bits per heavy atom. The SMILES string of the molecule is C1=Cc2oc3c(c2CC1)N=C(n1c2ccccc2c2c4ccccc4c4c5cc6ccccc6cc5oc4c21)C(c1cccc2ccccc12)CCC3. The van der Waals surface area contributed by atoms with Crippen molar-refractivity contribution in [1.29, 1.82) is 0 Å². The fourth-order valence-corrected chi connectivity index (χ4v) is 9.57. The van der Waals surface area contributed by atoms with Crippen LogP contribution in [0.1, 0.15) is 47.8 Å². The maximum absolute atomic E-state index is 7.15. The molecule has 7 aromatic carbocycles. The second kappa shape index (κ2) is 11.1. The molecule has 0 fully saturated rings. The average Bonchev–Trinajstić information content (AvgIpc) is 3.86. The van der Waals surface area contributed by atoms with Crippen LogP contribution in [0.15, 0.2) is 147 Å². The monoisotopic (exact) mass is 682 g/mol. The van der Waals surface area contributed by atoms with Crippen molar-refractivity contribution in [2.24, 2.45) is 4.99 Å². The number of furan rings is 2. The van der Waals surface area contributed by atoms with Crippen LogP contribution in [0.25, 0.3) is 82.1 Å². The van der Waals surface area contributed by atoms with Gasteiger partial charge in [-0.05, 0) is 87.8 Å². The number of rotatable bonds is 1. The molecule has 1 aliphatic carbocycles. The number of allylic oxidation sites excluding steroid dienone is 1. The van der Waals surface area contributed by atoms with Gasteiger partial charge in [-0.3, -0.25) is 4.57 Å². The van der Waals surface area contributed by atoms with E-state index in [2.05, 4.69) is 144 Å². The molecule has 252 valence electrons. The van der Waals surface area contributed by atoms with Crippen LogP contribution in [0.2, 0.25) is 0 Å². The predicted octanol–water partition coefficient (Wildman–Crippen LogP) is 13.4. The van der Waals surface area contributed by atoms with E-state index >= 15 is 0 Å². The first-order chi connectivity index (χ1) is 26.3. The van der Waals surface area contributed by atoms with E-state index in [1.165, 1.54) is 54.2 Å². The van der Waals surface area contributed by atoms with Crippen LogP contribution in [-0.4, -0.2) is 10.4 Å². The molecule has 1 atom stereocenters. The highest BCUT2D eigenvalue weighted by molar-refractivity contribution is 6.36. The zero-order valence-corrected chi connectivity index (χ0v) is 29.1. The van der Waals surface area contributed by atoms with Crippen molar-refractivity contribution >= 4 is 93.7 Å². The van der Waals surface area contributed by atoms with Crippen LogP contribution in [-0.2, 0) is 12.8 Å². The van der Waals surface area contributed by atoms with Crippen molar-refractivity contribution in [3.63, 3.8) is 0 Å². The van der Waals surface area contributed by atoms with Gasteiger partial charge in [0.25, 0.3) is 0 Å². The normalized spacial score (nSPS) is 16.2. The molecular weight excluding hydrogens is 649 g/mol. The molecule has 4 heterocycles. The van der Waals surface area contributed by atoms with Gasteiger partial charge in [0.1, 0.15) is 28.6 Å². The summed E-state index contributed by atoms with van der Waals surface area (Å²) in [6, 6.07) is 46.4. The van der Waals surface area contributed by atoms with Crippen LogP contribution in [0.4, 0.5) is 5.69 Å². The molecule has 0 saturated carbocycles. The van der Waals surface area contributed by atoms with E-state index in [4.69, 9.17) is 13.8 Å². The minimum absolute atomic E-state index is 0.0198. The lowest BCUT2D eigenvalue weighted by atomic mass is 9.87. The van der Waals surface area contributed by atoms with Gasteiger partial charge in [-0.15, -0.1) is 0 Å². The molecule has 12 rings (SSSR count). The highest BCUT2D eigenvalue weighted by atomic mass is 16.3. The van der Waals surface area contributed by atoms with Crippen LogP contribution < -0.4 is 0 Å². The third kappa shape index (κ3) is 4.15. The largest absolute Gasteiger partial charge is 0.459 e. The Bertz CT molecular complexity index is 3220. The van der Waals surface area contributed by atoms with E-state index in [-0.39, 0.29) is 5.92 Å². The molecule has 4 heteroatoms. The summed E-state index contributed by atoms with van der Waals surface area (Å²) in [5.74, 6) is 3.01. The molecule has 0 spiro atoms. The highest BCUT2D eigenvalue weighted by Crippen LogP contribution is 2.48. The lowest BCUT2D eigenvalue weighted by Crippen LogP contribution is -2.23. The van der Waals surface area contributed by atoms with Gasteiger partial charge in [-0.25, -0.2) is 4.99 Å². The standard InChI is InChI=1S/C49H34N2O2/c1-2-15-31-28-43-39(27-30(31)14-1)45-35-19-6-5-18-34(35)44-37-20-7-9-24-40(37)51(47(44)48(45)53-43)49-36(33-22-11-16-29-13-3-4-17-32(29)33)23-12-26-42-46(50-49)38-21-8-10-25-41(38)52-42/h1-7,9-11,13-20,22,24-25,27-28,36H,8,12,21,23,26H2. The summed E-state index contributed by atoms with van der Waals surface area (Å²) in [5, 5.41) is 12.0. The van der Waals surface area contributed by atoms with Crippen LogP contribution in [0, 0.1) is 0 Å². The zero-order chi connectivity index (χ0) is 34.6. The molecule has 0 N–H and O–H groups in total. The van der Waals surface area contributed by atoms with Crippen molar-refractivity contribution in [2.45, 2.75) is 38.0 Å².